The highest BCUT2D eigenvalue weighted by Crippen LogP contribution is 2.67. The van der Waals surface area contributed by atoms with Crippen molar-refractivity contribution in [1.29, 1.82) is 0 Å². The minimum Gasteiger partial charge on any atom is -0.263 e. The molecule has 4 heteroatoms. The minimum absolute atomic E-state index is 0.207. The van der Waals surface area contributed by atoms with Crippen molar-refractivity contribution in [1.82, 2.24) is 0 Å². The van der Waals surface area contributed by atoms with Crippen molar-refractivity contribution >= 4 is 10.1 Å². The van der Waals surface area contributed by atoms with E-state index in [0.29, 0.717) is 5.41 Å². The van der Waals surface area contributed by atoms with Gasteiger partial charge in [-0.15, -0.1) is 0 Å². The molecule has 218 valence electrons. The highest BCUT2D eigenvalue weighted by molar-refractivity contribution is 7.86. The van der Waals surface area contributed by atoms with Gasteiger partial charge >= 0.3 is 0 Å². The van der Waals surface area contributed by atoms with Gasteiger partial charge in [-0.25, -0.2) is 0 Å². The molecule has 4 aliphatic carbocycles. The van der Waals surface area contributed by atoms with Gasteiger partial charge in [-0.1, -0.05) is 89.6 Å². The zero-order valence-electron chi connectivity index (χ0n) is 25.5. The second-order valence-corrected chi connectivity index (χ2v) is 16.4. The van der Waals surface area contributed by atoms with E-state index in [1.165, 1.54) is 63.4 Å². The molecule has 0 saturated heterocycles. The number of rotatable bonds is 9. The molecule has 4 aliphatic rings. The molecule has 3 saturated carbocycles. The third kappa shape index (κ3) is 5.68. The highest BCUT2D eigenvalue weighted by atomic mass is 32.2. The van der Waals surface area contributed by atoms with E-state index in [-0.39, 0.29) is 16.4 Å². The number of allylic oxidation sites excluding steroid dienone is 1. The average molecular weight is 555 g/mol. The van der Waals surface area contributed by atoms with Crippen LogP contribution < -0.4 is 0 Å². The van der Waals surface area contributed by atoms with Crippen molar-refractivity contribution in [3.63, 3.8) is 0 Å². The van der Waals surface area contributed by atoms with Gasteiger partial charge in [-0.3, -0.25) is 4.18 Å². The second-order valence-electron chi connectivity index (χ2n) is 14.9. The third-order valence-corrected chi connectivity index (χ3v) is 13.5. The summed E-state index contributed by atoms with van der Waals surface area (Å²) in [6.07, 6.45) is 17.3. The van der Waals surface area contributed by atoms with E-state index in [1.807, 2.05) is 19.1 Å². The van der Waals surface area contributed by atoms with Gasteiger partial charge in [0.15, 0.2) is 0 Å². The fourth-order valence-electron chi connectivity index (χ4n) is 9.84. The van der Waals surface area contributed by atoms with Gasteiger partial charge in [0.2, 0.25) is 0 Å². The van der Waals surface area contributed by atoms with Crippen LogP contribution in [-0.4, -0.2) is 14.5 Å². The van der Waals surface area contributed by atoms with Crippen LogP contribution in [0.25, 0.3) is 0 Å². The Morgan fingerprint density at radius 3 is 2.36 bits per heavy atom. The number of hydrogen-bond donors (Lipinski definition) is 0. The Bertz CT molecular complexity index is 1130. The number of hydrogen-bond acceptors (Lipinski definition) is 3. The van der Waals surface area contributed by atoms with Crippen molar-refractivity contribution < 1.29 is 12.6 Å². The van der Waals surface area contributed by atoms with Crippen LogP contribution in [0.3, 0.4) is 0 Å². The molecule has 0 N–H and O–H groups in total. The van der Waals surface area contributed by atoms with Gasteiger partial charge in [0.25, 0.3) is 10.1 Å². The number of fused-ring (bicyclic) bond motifs is 5. The van der Waals surface area contributed by atoms with Crippen molar-refractivity contribution in [3.05, 3.63) is 41.5 Å². The van der Waals surface area contributed by atoms with Gasteiger partial charge in [0.1, 0.15) is 0 Å². The minimum atomic E-state index is -3.73. The largest absolute Gasteiger partial charge is 0.297 e. The maximum absolute atomic E-state index is 13.0. The van der Waals surface area contributed by atoms with Gasteiger partial charge < -0.3 is 0 Å². The molecule has 0 heterocycles. The summed E-state index contributed by atoms with van der Waals surface area (Å²) in [6, 6.07) is 7.02. The molecule has 3 fully saturated rings. The van der Waals surface area contributed by atoms with E-state index in [0.717, 1.165) is 60.3 Å². The summed E-state index contributed by atoms with van der Waals surface area (Å²) < 4.78 is 31.8. The second kappa shape index (κ2) is 11.3. The highest BCUT2D eigenvalue weighted by Gasteiger charge is 2.59. The Balaban J connectivity index is 1.25. The lowest BCUT2D eigenvalue weighted by molar-refractivity contribution is -0.0556. The van der Waals surface area contributed by atoms with E-state index < -0.39 is 10.1 Å². The Morgan fingerprint density at radius 2 is 1.64 bits per heavy atom. The predicted octanol–water partition coefficient (Wildman–Crippen LogP) is 9.50. The third-order valence-electron chi connectivity index (χ3n) is 12.1. The summed E-state index contributed by atoms with van der Waals surface area (Å²) in [6.45, 7) is 14.4. The van der Waals surface area contributed by atoms with Crippen LogP contribution in [0.5, 0.6) is 0 Å². The molecule has 0 aromatic heterocycles. The van der Waals surface area contributed by atoms with Crippen molar-refractivity contribution in [2.24, 2.45) is 46.3 Å². The molecule has 3 nitrogen and oxygen atoms in total. The summed E-state index contributed by atoms with van der Waals surface area (Å²) in [5, 5.41) is 0. The van der Waals surface area contributed by atoms with Crippen LogP contribution >= 0.6 is 0 Å². The van der Waals surface area contributed by atoms with E-state index in [2.05, 4.69) is 40.7 Å². The van der Waals surface area contributed by atoms with Crippen molar-refractivity contribution in [2.75, 3.05) is 0 Å². The first kappa shape index (κ1) is 29.4. The lowest BCUT2D eigenvalue weighted by atomic mass is 9.47. The first-order chi connectivity index (χ1) is 18.4. The maximum atomic E-state index is 13.0. The SMILES string of the molecule is Cc1ccc(S(=O)(=O)O[C@H]2CC[C@@]3(C)C(=CCC4C3CC[C@@]3(C)C4CC[C@@H]3[C@H](C)CCCCC(C)C)C2)cc1. The van der Waals surface area contributed by atoms with Gasteiger partial charge in [-0.2, -0.15) is 8.42 Å². The lowest BCUT2D eigenvalue weighted by Crippen LogP contribution is -2.51. The lowest BCUT2D eigenvalue weighted by Gasteiger charge is -2.58. The molecule has 5 rings (SSSR count). The first-order valence-electron chi connectivity index (χ1n) is 16.1. The van der Waals surface area contributed by atoms with Gasteiger partial charge in [-0.05, 0) is 117 Å². The monoisotopic (exact) mass is 554 g/mol. The Kier molecular flexibility index (Phi) is 8.49. The Labute approximate surface area is 239 Å². The Morgan fingerprint density at radius 1 is 0.923 bits per heavy atom. The fourth-order valence-corrected chi connectivity index (χ4v) is 10.9. The quantitative estimate of drug-likeness (QED) is 0.173. The summed E-state index contributed by atoms with van der Waals surface area (Å²) in [5.74, 6) is 4.95. The molecule has 0 radical (unpaired) electrons. The average Bonchev–Trinajstić information content (AvgIpc) is 3.24. The first-order valence-corrected chi connectivity index (χ1v) is 17.5. The van der Waals surface area contributed by atoms with E-state index >= 15 is 0 Å². The van der Waals surface area contributed by atoms with Gasteiger partial charge in [0.05, 0.1) is 11.0 Å². The fraction of sp³-hybridized carbons (Fsp3) is 0.771. The molecule has 0 amide bonds. The maximum Gasteiger partial charge on any atom is 0.297 e. The summed E-state index contributed by atoms with van der Waals surface area (Å²) in [7, 11) is -3.73. The molecule has 0 aliphatic heterocycles. The molecule has 1 aromatic carbocycles. The van der Waals surface area contributed by atoms with E-state index in [4.69, 9.17) is 4.18 Å². The standard InChI is InChI=1S/C35H54O3S/c1-24(2)9-7-8-10-26(4)31-17-18-32-30-16-13-27-23-28(38-39(36,37)29-14-11-25(3)12-15-29)19-21-34(27,5)33(30)20-22-35(31,32)6/h11-15,24,26,28,30-33H,7-10,16-23H2,1-6H3/t26-,28+,30?,31-,32?,33?,34+,35-/m1/s1. The molecular formula is C35H54O3S. The van der Waals surface area contributed by atoms with E-state index in [1.54, 1.807) is 12.1 Å². The zero-order chi connectivity index (χ0) is 28.0. The molecule has 8 atom stereocenters. The van der Waals surface area contributed by atoms with Crippen LogP contribution in [0.4, 0.5) is 0 Å². The summed E-state index contributed by atoms with van der Waals surface area (Å²) >= 11 is 0. The predicted molar refractivity (Wildman–Crippen MR) is 161 cm³/mol. The number of benzene rings is 1. The van der Waals surface area contributed by atoms with Crippen LogP contribution in [0.1, 0.15) is 117 Å². The topological polar surface area (TPSA) is 43.4 Å². The molecule has 0 bridgehead atoms. The van der Waals surface area contributed by atoms with Crippen LogP contribution in [0, 0.1) is 53.3 Å². The number of aryl methyl sites for hydroxylation is 1. The summed E-state index contributed by atoms with van der Waals surface area (Å²) in [5.41, 5.74) is 3.24. The normalized spacial score (nSPS) is 37.1. The molecular weight excluding hydrogens is 500 g/mol. The smallest absolute Gasteiger partial charge is 0.263 e. The summed E-state index contributed by atoms with van der Waals surface area (Å²) in [4.78, 5) is 0.274. The number of unbranched alkanes of at least 4 members (excludes halogenated alkanes) is 1. The molecule has 39 heavy (non-hydrogen) atoms. The van der Waals surface area contributed by atoms with Gasteiger partial charge in [0, 0.05) is 0 Å². The van der Waals surface area contributed by atoms with Crippen molar-refractivity contribution in [2.45, 2.75) is 130 Å². The van der Waals surface area contributed by atoms with Crippen LogP contribution in [-0.2, 0) is 14.3 Å². The molecule has 3 unspecified atom stereocenters. The van der Waals surface area contributed by atoms with E-state index in [9.17, 15) is 8.42 Å². The van der Waals surface area contributed by atoms with Crippen molar-refractivity contribution in [3.8, 4) is 0 Å². The molecule has 1 aromatic rings. The zero-order valence-corrected chi connectivity index (χ0v) is 26.4. The Hall–Kier alpha value is -1.13. The van der Waals surface area contributed by atoms with Crippen LogP contribution in [0.15, 0.2) is 40.8 Å². The molecule has 0 spiro atoms. The van der Waals surface area contributed by atoms with Crippen LogP contribution in [0.2, 0.25) is 0 Å².